The summed E-state index contributed by atoms with van der Waals surface area (Å²) in [6.45, 7) is -0.645. The van der Waals surface area contributed by atoms with Gasteiger partial charge in [-0.05, 0) is 19.1 Å². The van der Waals surface area contributed by atoms with Crippen LogP contribution in [-0.4, -0.2) is 26.3 Å². The van der Waals surface area contributed by atoms with Gasteiger partial charge >= 0.3 is 6.61 Å². The van der Waals surface area contributed by atoms with E-state index in [2.05, 4.69) is 10.1 Å². The van der Waals surface area contributed by atoms with Crippen molar-refractivity contribution in [3.63, 3.8) is 0 Å². The molecule has 0 fully saturated rings. The molecular formula is C11H16F2N2O2. The van der Waals surface area contributed by atoms with Crippen LogP contribution in [0.1, 0.15) is 6.92 Å². The Morgan fingerprint density at radius 3 is 2.65 bits per heavy atom. The van der Waals surface area contributed by atoms with Crippen LogP contribution in [0, 0.1) is 0 Å². The first-order valence-electron chi connectivity index (χ1n) is 5.16. The van der Waals surface area contributed by atoms with Gasteiger partial charge in [0.1, 0.15) is 11.5 Å². The van der Waals surface area contributed by atoms with Gasteiger partial charge in [-0.3, -0.25) is 0 Å². The Labute approximate surface area is 98.7 Å². The van der Waals surface area contributed by atoms with Gasteiger partial charge < -0.3 is 20.5 Å². The molecule has 0 radical (unpaired) electrons. The number of hydrogen-bond donors (Lipinski definition) is 2. The smallest absolute Gasteiger partial charge is 0.387 e. The number of anilines is 1. The van der Waals surface area contributed by atoms with Gasteiger partial charge in [-0.2, -0.15) is 8.78 Å². The highest BCUT2D eigenvalue weighted by Crippen LogP contribution is 2.30. The number of rotatable bonds is 6. The topological polar surface area (TPSA) is 56.5 Å². The lowest BCUT2D eigenvalue weighted by molar-refractivity contribution is -0.0494. The maximum Gasteiger partial charge on any atom is 0.387 e. The molecule has 0 saturated heterocycles. The molecule has 3 N–H and O–H groups in total. The van der Waals surface area contributed by atoms with Crippen LogP contribution in [-0.2, 0) is 0 Å². The van der Waals surface area contributed by atoms with Gasteiger partial charge in [0, 0.05) is 18.7 Å². The van der Waals surface area contributed by atoms with E-state index in [1.807, 2.05) is 6.92 Å². The molecule has 0 aliphatic rings. The van der Waals surface area contributed by atoms with Gasteiger partial charge in [0.15, 0.2) is 0 Å². The molecule has 96 valence electrons. The quantitative estimate of drug-likeness (QED) is 0.806. The van der Waals surface area contributed by atoms with Gasteiger partial charge in [-0.15, -0.1) is 0 Å². The van der Waals surface area contributed by atoms with E-state index in [4.69, 9.17) is 10.5 Å². The van der Waals surface area contributed by atoms with E-state index in [0.29, 0.717) is 18.0 Å². The number of benzene rings is 1. The van der Waals surface area contributed by atoms with Crippen molar-refractivity contribution in [3.05, 3.63) is 18.2 Å². The molecule has 0 bridgehead atoms. The lowest BCUT2D eigenvalue weighted by atomic mass is 10.2. The second kappa shape index (κ2) is 6.24. The number of alkyl halides is 2. The molecule has 1 rings (SSSR count). The van der Waals surface area contributed by atoms with Crippen LogP contribution in [0.3, 0.4) is 0 Å². The SMILES string of the molecule is COc1ccc(OC(F)F)c(NC(C)CN)c1. The van der Waals surface area contributed by atoms with Crippen LogP contribution in [0.5, 0.6) is 11.5 Å². The Bertz CT molecular complexity index is 361. The number of halogens is 2. The number of nitrogens with one attached hydrogen (secondary N) is 1. The van der Waals surface area contributed by atoms with Crippen molar-refractivity contribution < 1.29 is 18.3 Å². The van der Waals surface area contributed by atoms with Crippen molar-refractivity contribution in [2.75, 3.05) is 19.0 Å². The highest BCUT2D eigenvalue weighted by molar-refractivity contribution is 5.60. The summed E-state index contributed by atoms with van der Waals surface area (Å²) in [5, 5.41) is 2.98. The minimum absolute atomic E-state index is 0.0536. The summed E-state index contributed by atoms with van der Waals surface area (Å²) < 4.78 is 33.8. The Morgan fingerprint density at radius 2 is 2.12 bits per heavy atom. The molecule has 4 nitrogen and oxygen atoms in total. The summed E-state index contributed by atoms with van der Waals surface area (Å²) in [6, 6.07) is 4.51. The highest BCUT2D eigenvalue weighted by atomic mass is 19.3. The van der Waals surface area contributed by atoms with Gasteiger partial charge in [0.25, 0.3) is 0 Å². The summed E-state index contributed by atoms with van der Waals surface area (Å²) >= 11 is 0. The van der Waals surface area contributed by atoms with E-state index in [-0.39, 0.29) is 11.8 Å². The van der Waals surface area contributed by atoms with Crippen molar-refractivity contribution in [1.29, 1.82) is 0 Å². The lowest BCUT2D eigenvalue weighted by Crippen LogP contribution is -2.25. The number of nitrogens with two attached hydrogens (primary N) is 1. The van der Waals surface area contributed by atoms with Crippen molar-refractivity contribution in [2.45, 2.75) is 19.6 Å². The molecule has 0 aliphatic heterocycles. The molecule has 1 atom stereocenters. The molecule has 1 unspecified atom stereocenters. The summed E-state index contributed by atoms with van der Waals surface area (Å²) in [4.78, 5) is 0. The van der Waals surface area contributed by atoms with Crippen LogP contribution < -0.4 is 20.5 Å². The van der Waals surface area contributed by atoms with Gasteiger partial charge in [-0.1, -0.05) is 0 Å². The average molecular weight is 246 g/mol. The molecule has 0 heterocycles. The predicted octanol–water partition coefficient (Wildman–Crippen LogP) is 2.06. The van der Waals surface area contributed by atoms with Crippen molar-refractivity contribution in [1.82, 2.24) is 0 Å². The van der Waals surface area contributed by atoms with Crippen LogP contribution in [0.2, 0.25) is 0 Å². The zero-order valence-corrected chi connectivity index (χ0v) is 9.74. The van der Waals surface area contributed by atoms with Gasteiger partial charge in [-0.25, -0.2) is 0 Å². The van der Waals surface area contributed by atoms with E-state index in [0.717, 1.165) is 0 Å². The fourth-order valence-corrected chi connectivity index (χ4v) is 1.27. The molecule has 17 heavy (non-hydrogen) atoms. The standard InChI is InChI=1S/C11H16F2N2O2/c1-7(6-14)15-9-5-8(16-2)3-4-10(9)17-11(12)13/h3-5,7,11,15H,6,14H2,1-2H3. The lowest BCUT2D eigenvalue weighted by Gasteiger charge is -2.17. The fourth-order valence-electron chi connectivity index (χ4n) is 1.27. The highest BCUT2D eigenvalue weighted by Gasteiger charge is 2.12. The van der Waals surface area contributed by atoms with Gasteiger partial charge in [0.05, 0.1) is 12.8 Å². The minimum Gasteiger partial charge on any atom is -0.497 e. The van der Waals surface area contributed by atoms with Crippen LogP contribution in [0.15, 0.2) is 18.2 Å². The summed E-state index contributed by atoms with van der Waals surface area (Å²) in [5.74, 6) is 0.624. The normalized spacial score (nSPS) is 12.4. The third kappa shape index (κ3) is 4.07. The number of methoxy groups -OCH3 is 1. The maximum atomic E-state index is 12.2. The van der Waals surface area contributed by atoms with Crippen LogP contribution >= 0.6 is 0 Å². The first kappa shape index (κ1) is 13.5. The predicted molar refractivity (Wildman–Crippen MR) is 61.8 cm³/mol. The summed E-state index contributed by atoms with van der Waals surface area (Å²) in [5.41, 5.74) is 5.89. The minimum atomic E-state index is -2.86. The van der Waals surface area contributed by atoms with E-state index in [9.17, 15) is 8.78 Å². The molecule has 0 amide bonds. The largest absolute Gasteiger partial charge is 0.497 e. The third-order valence-electron chi connectivity index (χ3n) is 2.16. The second-order valence-corrected chi connectivity index (χ2v) is 3.52. The number of hydrogen-bond acceptors (Lipinski definition) is 4. The number of ether oxygens (including phenoxy) is 2. The molecule has 0 aromatic heterocycles. The van der Waals surface area contributed by atoms with Crippen molar-refractivity contribution >= 4 is 5.69 Å². The van der Waals surface area contributed by atoms with Crippen LogP contribution in [0.4, 0.5) is 14.5 Å². The summed E-state index contributed by atoms with van der Waals surface area (Å²) in [6.07, 6.45) is 0. The first-order valence-corrected chi connectivity index (χ1v) is 5.16. The Balaban J connectivity index is 2.94. The van der Waals surface area contributed by atoms with Crippen molar-refractivity contribution in [3.8, 4) is 11.5 Å². The maximum absolute atomic E-state index is 12.2. The third-order valence-corrected chi connectivity index (χ3v) is 2.16. The monoisotopic (exact) mass is 246 g/mol. The van der Waals surface area contributed by atoms with E-state index < -0.39 is 6.61 Å². The summed E-state index contributed by atoms with van der Waals surface area (Å²) in [7, 11) is 1.50. The van der Waals surface area contributed by atoms with Crippen molar-refractivity contribution in [2.24, 2.45) is 5.73 Å². The fraction of sp³-hybridized carbons (Fsp3) is 0.455. The second-order valence-electron chi connectivity index (χ2n) is 3.52. The zero-order valence-electron chi connectivity index (χ0n) is 9.74. The Hall–Kier alpha value is -1.56. The average Bonchev–Trinajstić information content (AvgIpc) is 2.30. The Kier molecular flexibility index (Phi) is 4.96. The molecule has 6 heteroatoms. The molecular weight excluding hydrogens is 230 g/mol. The molecule has 0 spiro atoms. The Morgan fingerprint density at radius 1 is 1.41 bits per heavy atom. The first-order chi connectivity index (χ1) is 8.06. The molecule has 1 aromatic carbocycles. The van der Waals surface area contributed by atoms with Crippen LogP contribution in [0.25, 0.3) is 0 Å². The van der Waals surface area contributed by atoms with E-state index >= 15 is 0 Å². The van der Waals surface area contributed by atoms with E-state index in [1.54, 1.807) is 12.1 Å². The zero-order chi connectivity index (χ0) is 12.8. The van der Waals surface area contributed by atoms with Gasteiger partial charge in [0.2, 0.25) is 0 Å². The molecule has 0 saturated carbocycles. The van der Waals surface area contributed by atoms with E-state index in [1.165, 1.54) is 13.2 Å². The molecule has 1 aromatic rings. The molecule has 0 aliphatic carbocycles.